The molecule has 0 aromatic carbocycles. The highest BCUT2D eigenvalue weighted by atomic mass is 32.1. The zero-order valence-electron chi connectivity index (χ0n) is 9.91. The third kappa shape index (κ3) is 2.54. The predicted octanol–water partition coefficient (Wildman–Crippen LogP) is 3.81. The van der Waals surface area contributed by atoms with Gasteiger partial charge < -0.3 is 9.73 Å². The standard InChI is InChI=1S/C13H17NOS/c1-9-7-13(11(3)15-9)10(2)14-8-12-5-4-6-16-12/h4-7,10,14H,8H2,1-3H3. The van der Waals surface area contributed by atoms with Gasteiger partial charge in [-0.15, -0.1) is 11.3 Å². The van der Waals surface area contributed by atoms with Crippen molar-refractivity contribution >= 4 is 11.3 Å². The van der Waals surface area contributed by atoms with Crippen LogP contribution in [0.25, 0.3) is 0 Å². The Kier molecular flexibility index (Phi) is 3.46. The number of nitrogens with one attached hydrogen (secondary N) is 1. The molecule has 1 unspecified atom stereocenters. The minimum absolute atomic E-state index is 0.333. The van der Waals surface area contributed by atoms with Crippen LogP contribution in [0.2, 0.25) is 0 Å². The molecule has 1 atom stereocenters. The number of hydrogen-bond donors (Lipinski definition) is 1. The number of thiophene rings is 1. The van der Waals surface area contributed by atoms with E-state index in [0.717, 1.165) is 18.1 Å². The van der Waals surface area contributed by atoms with Gasteiger partial charge in [0.1, 0.15) is 11.5 Å². The van der Waals surface area contributed by atoms with E-state index in [1.807, 2.05) is 13.8 Å². The Bertz CT molecular complexity index is 444. The van der Waals surface area contributed by atoms with Crippen LogP contribution in [-0.4, -0.2) is 0 Å². The van der Waals surface area contributed by atoms with E-state index in [4.69, 9.17) is 4.42 Å². The molecule has 1 N–H and O–H groups in total. The first-order valence-electron chi connectivity index (χ1n) is 5.49. The van der Waals surface area contributed by atoms with Crippen LogP contribution in [0.1, 0.15) is 34.9 Å². The monoisotopic (exact) mass is 235 g/mol. The average molecular weight is 235 g/mol. The molecule has 0 saturated heterocycles. The Morgan fingerprint density at radius 1 is 1.44 bits per heavy atom. The lowest BCUT2D eigenvalue weighted by atomic mass is 10.1. The Balaban J connectivity index is 1.98. The smallest absolute Gasteiger partial charge is 0.105 e. The van der Waals surface area contributed by atoms with E-state index in [0.29, 0.717) is 6.04 Å². The third-order valence-electron chi connectivity index (χ3n) is 2.71. The number of rotatable bonds is 4. The molecule has 0 saturated carbocycles. The lowest BCUT2D eigenvalue weighted by Crippen LogP contribution is -2.17. The van der Waals surface area contributed by atoms with Gasteiger partial charge in [0.15, 0.2) is 0 Å². The van der Waals surface area contributed by atoms with E-state index in [9.17, 15) is 0 Å². The van der Waals surface area contributed by atoms with E-state index in [2.05, 4.69) is 35.8 Å². The summed E-state index contributed by atoms with van der Waals surface area (Å²) in [5.41, 5.74) is 1.26. The molecule has 0 spiro atoms. The second kappa shape index (κ2) is 4.85. The summed E-state index contributed by atoms with van der Waals surface area (Å²) in [6.07, 6.45) is 0. The predicted molar refractivity (Wildman–Crippen MR) is 67.8 cm³/mol. The average Bonchev–Trinajstić information content (AvgIpc) is 2.84. The van der Waals surface area contributed by atoms with Gasteiger partial charge in [-0.25, -0.2) is 0 Å². The summed E-state index contributed by atoms with van der Waals surface area (Å²) in [6, 6.07) is 6.68. The van der Waals surface area contributed by atoms with Crippen molar-refractivity contribution in [3.63, 3.8) is 0 Å². The van der Waals surface area contributed by atoms with Crippen LogP contribution in [0, 0.1) is 13.8 Å². The second-order valence-electron chi connectivity index (χ2n) is 4.05. The first kappa shape index (κ1) is 11.4. The molecule has 3 heteroatoms. The summed E-state index contributed by atoms with van der Waals surface area (Å²) in [5.74, 6) is 2.00. The van der Waals surface area contributed by atoms with Crippen molar-refractivity contribution in [3.05, 3.63) is 45.5 Å². The van der Waals surface area contributed by atoms with Gasteiger partial charge in [0, 0.05) is 23.0 Å². The van der Waals surface area contributed by atoms with Crippen LogP contribution < -0.4 is 5.32 Å². The lowest BCUT2D eigenvalue weighted by molar-refractivity contribution is 0.490. The molecule has 2 rings (SSSR count). The van der Waals surface area contributed by atoms with Crippen LogP contribution in [-0.2, 0) is 6.54 Å². The zero-order valence-corrected chi connectivity index (χ0v) is 10.7. The van der Waals surface area contributed by atoms with E-state index < -0.39 is 0 Å². The van der Waals surface area contributed by atoms with Crippen molar-refractivity contribution in [1.29, 1.82) is 0 Å². The minimum atomic E-state index is 0.333. The summed E-state index contributed by atoms with van der Waals surface area (Å²) in [6.45, 7) is 7.10. The van der Waals surface area contributed by atoms with Gasteiger partial charge in [0.2, 0.25) is 0 Å². The van der Waals surface area contributed by atoms with Gasteiger partial charge >= 0.3 is 0 Å². The summed E-state index contributed by atoms with van der Waals surface area (Å²) in [4.78, 5) is 1.37. The summed E-state index contributed by atoms with van der Waals surface area (Å²) in [5, 5.41) is 5.61. The number of aryl methyl sites for hydroxylation is 2. The van der Waals surface area contributed by atoms with Crippen molar-refractivity contribution in [3.8, 4) is 0 Å². The van der Waals surface area contributed by atoms with Crippen molar-refractivity contribution in [2.45, 2.75) is 33.4 Å². The number of furan rings is 1. The quantitative estimate of drug-likeness (QED) is 0.871. The van der Waals surface area contributed by atoms with Gasteiger partial charge in [-0.3, -0.25) is 0 Å². The SMILES string of the molecule is Cc1cc(C(C)NCc2cccs2)c(C)o1. The zero-order chi connectivity index (χ0) is 11.5. The number of hydrogen-bond acceptors (Lipinski definition) is 3. The molecule has 2 aromatic heterocycles. The molecule has 0 bridgehead atoms. The van der Waals surface area contributed by atoms with E-state index in [1.165, 1.54) is 10.4 Å². The molecular formula is C13H17NOS. The Labute approximate surface area is 100 Å². The molecule has 0 aliphatic heterocycles. The van der Waals surface area contributed by atoms with Gasteiger partial charge in [0.05, 0.1) is 0 Å². The molecule has 0 amide bonds. The maximum Gasteiger partial charge on any atom is 0.105 e. The highest BCUT2D eigenvalue weighted by Crippen LogP contribution is 2.21. The van der Waals surface area contributed by atoms with Crippen LogP contribution in [0.15, 0.2) is 28.0 Å². The third-order valence-corrected chi connectivity index (χ3v) is 3.58. The Morgan fingerprint density at radius 3 is 2.81 bits per heavy atom. The molecule has 2 nitrogen and oxygen atoms in total. The van der Waals surface area contributed by atoms with E-state index in [1.54, 1.807) is 11.3 Å². The van der Waals surface area contributed by atoms with Gasteiger partial charge in [-0.05, 0) is 38.3 Å². The molecule has 0 radical (unpaired) electrons. The van der Waals surface area contributed by atoms with Crippen LogP contribution in [0.5, 0.6) is 0 Å². The maximum atomic E-state index is 5.54. The molecule has 0 aliphatic rings. The summed E-state index contributed by atoms with van der Waals surface area (Å²) in [7, 11) is 0. The van der Waals surface area contributed by atoms with Crippen molar-refractivity contribution in [2.75, 3.05) is 0 Å². The maximum absolute atomic E-state index is 5.54. The van der Waals surface area contributed by atoms with Crippen LogP contribution in [0.4, 0.5) is 0 Å². The fraction of sp³-hybridized carbons (Fsp3) is 0.385. The molecule has 2 aromatic rings. The highest BCUT2D eigenvalue weighted by Gasteiger charge is 2.11. The topological polar surface area (TPSA) is 25.2 Å². The molecule has 0 aliphatic carbocycles. The fourth-order valence-electron chi connectivity index (χ4n) is 1.86. The van der Waals surface area contributed by atoms with Gasteiger partial charge in [-0.1, -0.05) is 6.07 Å². The van der Waals surface area contributed by atoms with Crippen molar-refractivity contribution < 1.29 is 4.42 Å². The minimum Gasteiger partial charge on any atom is -0.466 e. The normalized spacial score (nSPS) is 12.9. The first-order valence-corrected chi connectivity index (χ1v) is 6.37. The summed E-state index contributed by atoms with van der Waals surface area (Å²) < 4.78 is 5.54. The summed E-state index contributed by atoms with van der Waals surface area (Å²) >= 11 is 1.78. The van der Waals surface area contributed by atoms with Crippen molar-refractivity contribution in [1.82, 2.24) is 5.32 Å². The molecular weight excluding hydrogens is 218 g/mol. The second-order valence-corrected chi connectivity index (χ2v) is 5.08. The van der Waals surface area contributed by atoms with Crippen LogP contribution >= 0.6 is 11.3 Å². The van der Waals surface area contributed by atoms with Crippen LogP contribution in [0.3, 0.4) is 0 Å². The van der Waals surface area contributed by atoms with E-state index >= 15 is 0 Å². The molecule has 0 fully saturated rings. The molecule has 86 valence electrons. The molecule has 16 heavy (non-hydrogen) atoms. The molecule has 2 heterocycles. The van der Waals surface area contributed by atoms with Gasteiger partial charge in [-0.2, -0.15) is 0 Å². The fourth-order valence-corrected chi connectivity index (χ4v) is 2.51. The first-order chi connectivity index (χ1) is 7.66. The highest BCUT2D eigenvalue weighted by molar-refractivity contribution is 7.09. The Hall–Kier alpha value is -1.06. The lowest BCUT2D eigenvalue weighted by Gasteiger charge is -2.11. The van der Waals surface area contributed by atoms with Gasteiger partial charge in [0.25, 0.3) is 0 Å². The van der Waals surface area contributed by atoms with Crippen molar-refractivity contribution in [2.24, 2.45) is 0 Å². The Morgan fingerprint density at radius 2 is 2.25 bits per heavy atom. The largest absolute Gasteiger partial charge is 0.466 e. The van der Waals surface area contributed by atoms with E-state index in [-0.39, 0.29) is 0 Å².